The lowest BCUT2D eigenvalue weighted by molar-refractivity contribution is 0.230. The van der Waals surface area contributed by atoms with E-state index in [9.17, 15) is 0 Å². The summed E-state index contributed by atoms with van der Waals surface area (Å²) in [5, 5.41) is 11.8. The van der Waals surface area contributed by atoms with Gasteiger partial charge in [0, 0.05) is 38.6 Å². The predicted molar refractivity (Wildman–Crippen MR) is 78.6 cm³/mol. The Bertz CT molecular complexity index is 459. The van der Waals surface area contributed by atoms with Crippen LogP contribution in [0.15, 0.2) is 28.1 Å². The monoisotopic (exact) mass is 327 g/mol. The number of hydrogen-bond acceptors (Lipinski definition) is 5. The van der Waals surface area contributed by atoms with Gasteiger partial charge in [-0.2, -0.15) is 0 Å². The molecule has 0 saturated carbocycles. The highest BCUT2D eigenvalue weighted by Gasteiger charge is 2.24. The number of anilines is 1. The number of halogens is 1. The minimum Gasteiger partial charge on any atom is -0.409 e. The Morgan fingerprint density at radius 3 is 2.74 bits per heavy atom. The summed E-state index contributed by atoms with van der Waals surface area (Å²) < 4.78 is 1.01. The van der Waals surface area contributed by atoms with E-state index in [1.54, 1.807) is 12.4 Å². The maximum atomic E-state index is 8.71. The average molecular weight is 328 g/mol. The van der Waals surface area contributed by atoms with Gasteiger partial charge in [-0.25, -0.2) is 0 Å². The van der Waals surface area contributed by atoms with Crippen LogP contribution in [0.25, 0.3) is 0 Å². The van der Waals surface area contributed by atoms with Crippen molar-refractivity contribution in [3.63, 3.8) is 0 Å². The maximum Gasteiger partial charge on any atom is 0.156 e. The van der Waals surface area contributed by atoms with Crippen molar-refractivity contribution in [1.82, 2.24) is 9.88 Å². The number of rotatable bonds is 3. The topological polar surface area (TPSA) is 78.0 Å². The molecule has 1 atom stereocenters. The number of nitrogens with zero attached hydrogens (tertiary/aromatic N) is 4. The maximum absolute atomic E-state index is 8.71. The standard InChI is InChI=1S/C12H18BrN5O/c1-9(12(14)16-19)17-4-6-18(7-5-17)11-2-3-15-8-10(11)13/h2-3,8-9,19H,4-7H2,1H3,(H2,14,16). The molecule has 7 heteroatoms. The summed E-state index contributed by atoms with van der Waals surface area (Å²) in [5.74, 6) is 0.263. The summed E-state index contributed by atoms with van der Waals surface area (Å²) in [6, 6.07) is 1.97. The number of oxime groups is 1. The van der Waals surface area contributed by atoms with Crippen LogP contribution in [0, 0.1) is 0 Å². The van der Waals surface area contributed by atoms with E-state index in [2.05, 4.69) is 35.9 Å². The van der Waals surface area contributed by atoms with E-state index in [1.807, 2.05) is 13.0 Å². The first-order valence-electron chi connectivity index (χ1n) is 6.19. The molecule has 2 rings (SSSR count). The van der Waals surface area contributed by atoms with Gasteiger partial charge >= 0.3 is 0 Å². The summed E-state index contributed by atoms with van der Waals surface area (Å²) in [6.45, 7) is 5.53. The summed E-state index contributed by atoms with van der Waals surface area (Å²) in [7, 11) is 0. The Labute approximate surface area is 121 Å². The van der Waals surface area contributed by atoms with E-state index in [1.165, 1.54) is 0 Å². The molecule has 3 N–H and O–H groups in total. The molecule has 1 aromatic heterocycles. The molecule has 2 heterocycles. The zero-order chi connectivity index (χ0) is 13.8. The number of pyridine rings is 1. The number of piperazine rings is 1. The van der Waals surface area contributed by atoms with Crippen LogP contribution < -0.4 is 10.6 Å². The third-order valence-corrected chi connectivity index (χ3v) is 4.11. The van der Waals surface area contributed by atoms with Gasteiger partial charge in [-0.15, -0.1) is 0 Å². The van der Waals surface area contributed by atoms with E-state index < -0.39 is 0 Å². The normalized spacial score (nSPS) is 19.5. The molecule has 0 amide bonds. The van der Waals surface area contributed by atoms with Crippen molar-refractivity contribution >= 4 is 27.5 Å². The van der Waals surface area contributed by atoms with Crippen LogP contribution in [0.1, 0.15) is 6.92 Å². The minimum atomic E-state index is -0.0342. The summed E-state index contributed by atoms with van der Waals surface area (Å²) in [4.78, 5) is 8.59. The Hall–Kier alpha value is -1.34. The van der Waals surface area contributed by atoms with Gasteiger partial charge < -0.3 is 15.8 Å². The average Bonchev–Trinajstić information content (AvgIpc) is 2.46. The van der Waals surface area contributed by atoms with Crippen LogP contribution in [0.4, 0.5) is 5.69 Å². The van der Waals surface area contributed by atoms with Crippen molar-refractivity contribution in [2.24, 2.45) is 10.9 Å². The lowest BCUT2D eigenvalue weighted by Crippen LogP contribution is -2.53. The molecule has 0 aliphatic carbocycles. The second kappa shape index (κ2) is 6.21. The molecule has 1 fully saturated rings. The molecular formula is C12H18BrN5O. The van der Waals surface area contributed by atoms with Gasteiger partial charge in [0.15, 0.2) is 5.84 Å². The molecule has 1 saturated heterocycles. The molecule has 0 radical (unpaired) electrons. The Morgan fingerprint density at radius 2 is 2.16 bits per heavy atom. The van der Waals surface area contributed by atoms with Gasteiger partial charge in [0.2, 0.25) is 0 Å². The van der Waals surface area contributed by atoms with Crippen molar-refractivity contribution in [2.45, 2.75) is 13.0 Å². The second-order valence-corrected chi connectivity index (χ2v) is 5.41. The molecule has 1 aromatic rings. The number of nitrogens with two attached hydrogens (primary N) is 1. The fraction of sp³-hybridized carbons (Fsp3) is 0.500. The molecule has 19 heavy (non-hydrogen) atoms. The Balaban J connectivity index is 1.98. The minimum absolute atomic E-state index is 0.0342. The highest BCUT2D eigenvalue weighted by atomic mass is 79.9. The third-order valence-electron chi connectivity index (χ3n) is 3.50. The third kappa shape index (κ3) is 3.16. The van der Waals surface area contributed by atoms with Crippen LogP contribution in [0.2, 0.25) is 0 Å². The number of amidine groups is 1. The summed E-state index contributed by atoms with van der Waals surface area (Å²) >= 11 is 3.52. The second-order valence-electron chi connectivity index (χ2n) is 4.55. The molecule has 1 unspecified atom stereocenters. The highest BCUT2D eigenvalue weighted by molar-refractivity contribution is 9.10. The first-order chi connectivity index (χ1) is 9.13. The number of aromatic nitrogens is 1. The zero-order valence-electron chi connectivity index (χ0n) is 10.8. The first-order valence-corrected chi connectivity index (χ1v) is 6.98. The fourth-order valence-corrected chi connectivity index (χ4v) is 2.75. The van der Waals surface area contributed by atoms with E-state index in [0.29, 0.717) is 0 Å². The van der Waals surface area contributed by atoms with Crippen LogP contribution in [-0.2, 0) is 0 Å². The highest BCUT2D eigenvalue weighted by Crippen LogP contribution is 2.25. The first kappa shape index (κ1) is 14.1. The van der Waals surface area contributed by atoms with Gasteiger partial charge in [-0.3, -0.25) is 9.88 Å². The molecule has 0 spiro atoms. The van der Waals surface area contributed by atoms with E-state index in [0.717, 1.165) is 36.3 Å². The molecule has 104 valence electrons. The molecule has 1 aliphatic heterocycles. The quantitative estimate of drug-likeness (QED) is 0.376. The van der Waals surface area contributed by atoms with E-state index >= 15 is 0 Å². The van der Waals surface area contributed by atoms with Crippen molar-refractivity contribution in [3.8, 4) is 0 Å². The zero-order valence-corrected chi connectivity index (χ0v) is 12.4. The predicted octanol–water partition coefficient (Wildman–Crippen LogP) is 1.10. The molecule has 0 aromatic carbocycles. The lowest BCUT2D eigenvalue weighted by atomic mass is 10.2. The van der Waals surface area contributed by atoms with Crippen molar-refractivity contribution in [2.75, 3.05) is 31.1 Å². The van der Waals surface area contributed by atoms with Crippen LogP contribution in [0.3, 0.4) is 0 Å². The molecule has 0 bridgehead atoms. The van der Waals surface area contributed by atoms with Crippen molar-refractivity contribution in [1.29, 1.82) is 0 Å². The van der Waals surface area contributed by atoms with E-state index in [4.69, 9.17) is 10.9 Å². The molecular weight excluding hydrogens is 310 g/mol. The summed E-state index contributed by atoms with van der Waals surface area (Å²) in [5.41, 5.74) is 6.80. The van der Waals surface area contributed by atoms with Gasteiger partial charge in [0.1, 0.15) is 0 Å². The lowest BCUT2D eigenvalue weighted by Gasteiger charge is -2.38. The molecule has 1 aliphatic rings. The van der Waals surface area contributed by atoms with Crippen LogP contribution >= 0.6 is 15.9 Å². The Morgan fingerprint density at radius 1 is 1.47 bits per heavy atom. The van der Waals surface area contributed by atoms with Crippen LogP contribution in [0.5, 0.6) is 0 Å². The van der Waals surface area contributed by atoms with Gasteiger partial charge in [0.05, 0.1) is 16.2 Å². The van der Waals surface area contributed by atoms with E-state index in [-0.39, 0.29) is 11.9 Å². The Kier molecular flexibility index (Phi) is 4.60. The van der Waals surface area contributed by atoms with Crippen molar-refractivity contribution < 1.29 is 5.21 Å². The largest absolute Gasteiger partial charge is 0.409 e. The van der Waals surface area contributed by atoms with Gasteiger partial charge in [-0.05, 0) is 28.9 Å². The smallest absolute Gasteiger partial charge is 0.156 e. The van der Waals surface area contributed by atoms with Gasteiger partial charge in [-0.1, -0.05) is 5.16 Å². The van der Waals surface area contributed by atoms with Crippen molar-refractivity contribution in [3.05, 3.63) is 22.9 Å². The fourth-order valence-electron chi connectivity index (χ4n) is 2.25. The van der Waals surface area contributed by atoms with Gasteiger partial charge in [0.25, 0.3) is 0 Å². The summed E-state index contributed by atoms with van der Waals surface area (Å²) in [6.07, 6.45) is 3.60. The van der Waals surface area contributed by atoms with Crippen LogP contribution in [-0.4, -0.2) is 53.1 Å². The number of hydrogen-bond donors (Lipinski definition) is 2. The molecule has 6 nitrogen and oxygen atoms in total. The SMILES string of the molecule is CC(/C(N)=N/O)N1CCN(c2ccncc2Br)CC1.